The maximum atomic E-state index is 11.3. The van der Waals surface area contributed by atoms with Gasteiger partial charge >= 0.3 is 0 Å². The molecule has 0 radical (unpaired) electrons. The Morgan fingerprint density at radius 2 is 2.21 bits per heavy atom. The highest BCUT2D eigenvalue weighted by Gasteiger charge is 2.05. The summed E-state index contributed by atoms with van der Waals surface area (Å²) >= 11 is 0. The highest BCUT2D eigenvalue weighted by atomic mass is 32.2. The topological polar surface area (TPSA) is 93.9 Å². The van der Waals surface area contributed by atoms with Crippen molar-refractivity contribution in [3.05, 3.63) is 30.5 Å². The molecule has 7 heteroatoms. The molecule has 1 aromatic carbocycles. The summed E-state index contributed by atoms with van der Waals surface area (Å²) in [5, 5.41) is 11.1. The zero-order chi connectivity index (χ0) is 13.7. The average molecular weight is 273 g/mol. The summed E-state index contributed by atoms with van der Waals surface area (Å²) < 4.78 is 11.3. The summed E-state index contributed by atoms with van der Waals surface area (Å²) in [6.07, 6.45) is 6.29. The molecular formula is C12H11N5OS. The first-order chi connectivity index (χ1) is 9.20. The highest BCUT2D eigenvalue weighted by molar-refractivity contribution is 7.84. The van der Waals surface area contributed by atoms with Gasteiger partial charge in [-0.05, 0) is 17.7 Å². The molecule has 2 aromatic rings. The summed E-state index contributed by atoms with van der Waals surface area (Å²) in [5.41, 5.74) is 2.46. The van der Waals surface area contributed by atoms with Gasteiger partial charge in [-0.2, -0.15) is 5.26 Å². The van der Waals surface area contributed by atoms with E-state index >= 15 is 0 Å². The number of rotatable bonds is 4. The van der Waals surface area contributed by atoms with E-state index in [1.807, 2.05) is 24.3 Å². The van der Waals surface area contributed by atoms with Crippen molar-refractivity contribution in [2.24, 2.45) is 4.99 Å². The Kier molecular flexibility index (Phi) is 4.05. The largest absolute Gasteiger partial charge is 0.331 e. The maximum absolute atomic E-state index is 11.3. The smallest absolute Gasteiger partial charge is 0.196 e. The molecule has 0 spiro atoms. The van der Waals surface area contributed by atoms with Crippen molar-refractivity contribution in [2.45, 2.75) is 5.16 Å². The van der Waals surface area contributed by atoms with E-state index in [0.717, 1.165) is 16.9 Å². The van der Waals surface area contributed by atoms with Crippen molar-refractivity contribution in [3.63, 3.8) is 0 Å². The average Bonchev–Trinajstić information content (AvgIpc) is 2.90. The monoisotopic (exact) mass is 273 g/mol. The van der Waals surface area contributed by atoms with E-state index in [4.69, 9.17) is 5.26 Å². The normalized spacial score (nSPS) is 12.2. The second kappa shape index (κ2) is 5.93. The number of hydrogen-bond acceptors (Lipinski definition) is 4. The van der Waals surface area contributed by atoms with Crippen LogP contribution in [-0.4, -0.2) is 26.8 Å². The van der Waals surface area contributed by atoms with Crippen LogP contribution in [0.25, 0.3) is 11.3 Å². The third-order valence-corrected chi connectivity index (χ3v) is 3.10. The molecule has 0 aliphatic heterocycles. The Bertz CT molecular complexity index is 654. The Balaban J connectivity index is 2.18. The Hall–Kier alpha value is -2.46. The third-order valence-electron chi connectivity index (χ3n) is 2.35. The second-order valence-electron chi connectivity index (χ2n) is 3.62. The maximum Gasteiger partial charge on any atom is 0.196 e. The molecule has 1 heterocycles. The zero-order valence-corrected chi connectivity index (χ0v) is 10.9. The predicted molar refractivity (Wildman–Crippen MR) is 73.3 cm³/mol. The van der Waals surface area contributed by atoms with Gasteiger partial charge in [0.05, 0.1) is 28.4 Å². The van der Waals surface area contributed by atoms with Gasteiger partial charge in [0.15, 0.2) is 11.3 Å². The molecule has 19 heavy (non-hydrogen) atoms. The van der Waals surface area contributed by atoms with Crippen molar-refractivity contribution < 1.29 is 4.21 Å². The SMILES string of the molecule is CS(=O)c1ncc(-c2ccc(N=CNC#N)cc2)[nH]1. The molecule has 2 rings (SSSR count). The number of imidazole rings is 1. The molecule has 0 saturated heterocycles. The van der Waals surface area contributed by atoms with Gasteiger partial charge in [-0.1, -0.05) is 12.1 Å². The molecule has 1 aromatic heterocycles. The number of nitrogens with zero attached hydrogens (tertiary/aromatic N) is 3. The van der Waals surface area contributed by atoms with E-state index in [0.29, 0.717) is 5.16 Å². The molecule has 6 nitrogen and oxygen atoms in total. The number of hydrogen-bond donors (Lipinski definition) is 2. The Morgan fingerprint density at radius 3 is 2.79 bits per heavy atom. The van der Waals surface area contributed by atoms with Crippen LogP contribution in [0.2, 0.25) is 0 Å². The van der Waals surface area contributed by atoms with Crippen LogP contribution >= 0.6 is 0 Å². The molecule has 0 saturated carbocycles. The highest BCUT2D eigenvalue weighted by Crippen LogP contribution is 2.21. The number of aliphatic imine (C=N–C) groups is 1. The number of aromatic nitrogens is 2. The van der Waals surface area contributed by atoms with E-state index in [2.05, 4.69) is 20.3 Å². The van der Waals surface area contributed by atoms with Crippen LogP contribution in [-0.2, 0) is 10.8 Å². The van der Waals surface area contributed by atoms with Gasteiger partial charge in [-0.15, -0.1) is 0 Å². The Morgan fingerprint density at radius 1 is 1.47 bits per heavy atom. The van der Waals surface area contributed by atoms with Crippen LogP contribution in [0.1, 0.15) is 0 Å². The minimum absolute atomic E-state index is 0.454. The molecule has 0 bridgehead atoms. The van der Waals surface area contributed by atoms with E-state index in [9.17, 15) is 4.21 Å². The lowest BCUT2D eigenvalue weighted by Crippen LogP contribution is -1.98. The molecule has 0 aliphatic carbocycles. The van der Waals surface area contributed by atoms with E-state index in [1.54, 1.807) is 18.6 Å². The fourth-order valence-electron chi connectivity index (χ4n) is 1.46. The molecule has 0 fully saturated rings. The Labute approximate surface area is 112 Å². The van der Waals surface area contributed by atoms with Crippen molar-refractivity contribution in [3.8, 4) is 17.5 Å². The molecule has 96 valence electrons. The molecule has 1 atom stereocenters. The lowest BCUT2D eigenvalue weighted by Gasteiger charge is -1.98. The van der Waals surface area contributed by atoms with Gasteiger partial charge in [0.25, 0.3) is 0 Å². The predicted octanol–water partition coefficient (Wildman–Crippen LogP) is 1.54. The third kappa shape index (κ3) is 3.26. The molecule has 0 amide bonds. The summed E-state index contributed by atoms with van der Waals surface area (Å²) in [6, 6.07) is 7.37. The van der Waals surface area contributed by atoms with Crippen LogP contribution in [0, 0.1) is 11.5 Å². The molecule has 0 aliphatic rings. The van der Waals surface area contributed by atoms with Crippen LogP contribution in [0.15, 0.2) is 40.6 Å². The number of nitrogens with one attached hydrogen (secondary N) is 2. The van der Waals surface area contributed by atoms with Gasteiger partial charge in [0, 0.05) is 6.26 Å². The quantitative estimate of drug-likeness (QED) is 0.382. The van der Waals surface area contributed by atoms with Crippen molar-refractivity contribution >= 4 is 22.8 Å². The molecule has 2 N–H and O–H groups in total. The summed E-state index contributed by atoms with van der Waals surface area (Å²) in [6.45, 7) is 0. The van der Waals surface area contributed by atoms with Crippen molar-refractivity contribution in [1.29, 1.82) is 5.26 Å². The second-order valence-corrected chi connectivity index (χ2v) is 4.91. The van der Waals surface area contributed by atoms with Gasteiger partial charge in [-0.25, -0.2) is 9.98 Å². The molecular weight excluding hydrogens is 262 g/mol. The van der Waals surface area contributed by atoms with E-state index in [-0.39, 0.29) is 0 Å². The standard InChI is InChI=1S/C12H11N5OS/c1-19(18)12-15-6-11(17-12)9-2-4-10(5-3-9)16-8-14-7-13/h2-6,8H,1H3,(H,14,16)(H,15,17). The first-order valence-electron chi connectivity index (χ1n) is 5.36. The van der Waals surface area contributed by atoms with E-state index < -0.39 is 10.8 Å². The number of H-pyrrole nitrogens is 1. The van der Waals surface area contributed by atoms with Crippen LogP contribution in [0.5, 0.6) is 0 Å². The number of nitriles is 1. The molecule has 1 unspecified atom stereocenters. The van der Waals surface area contributed by atoms with Gasteiger partial charge in [-0.3, -0.25) is 9.53 Å². The first kappa shape index (κ1) is 13.0. The summed E-state index contributed by atoms with van der Waals surface area (Å²) in [7, 11) is -1.12. The lowest BCUT2D eigenvalue weighted by atomic mass is 10.1. The zero-order valence-electron chi connectivity index (χ0n) is 10.1. The van der Waals surface area contributed by atoms with E-state index in [1.165, 1.54) is 6.34 Å². The first-order valence-corrected chi connectivity index (χ1v) is 6.92. The lowest BCUT2D eigenvalue weighted by molar-refractivity contribution is 0.681. The fourth-order valence-corrected chi connectivity index (χ4v) is 1.91. The minimum atomic E-state index is -1.12. The van der Waals surface area contributed by atoms with Gasteiger partial charge in [0.1, 0.15) is 6.34 Å². The summed E-state index contributed by atoms with van der Waals surface area (Å²) in [4.78, 5) is 11.1. The van der Waals surface area contributed by atoms with Crippen molar-refractivity contribution in [2.75, 3.05) is 6.26 Å². The number of benzene rings is 1. The van der Waals surface area contributed by atoms with Gasteiger partial charge in [0.2, 0.25) is 0 Å². The van der Waals surface area contributed by atoms with Gasteiger partial charge < -0.3 is 4.98 Å². The van der Waals surface area contributed by atoms with Crippen LogP contribution in [0.3, 0.4) is 0 Å². The van der Waals surface area contributed by atoms with Crippen molar-refractivity contribution in [1.82, 2.24) is 15.3 Å². The minimum Gasteiger partial charge on any atom is -0.331 e. The number of aromatic amines is 1. The van der Waals surface area contributed by atoms with Crippen LogP contribution < -0.4 is 5.32 Å². The van der Waals surface area contributed by atoms with Crippen LogP contribution in [0.4, 0.5) is 5.69 Å². The summed E-state index contributed by atoms with van der Waals surface area (Å²) in [5.74, 6) is 0. The fraction of sp³-hybridized carbons (Fsp3) is 0.0833.